The van der Waals surface area contributed by atoms with Crippen molar-refractivity contribution in [2.45, 2.75) is 27.2 Å². The van der Waals surface area contributed by atoms with Crippen LogP contribution in [-0.4, -0.2) is 29.7 Å². The molecular formula is C14H23N5OS. The molecule has 0 aliphatic carbocycles. The summed E-state index contributed by atoms with van der Waals surface area (Å²) < 4.78 is 5.57. The number of aryl methyl sites for hydroxylation is 1. The van der Waals surface area contributed by atoms with E-state index in [-0.39, 0.29) is 0 Å². The summed E-state index contributed by atoms with van der Waals surface area (Å²) in [6.45, 7) is 8.73. The summed E-state index contributed by atoms with van der Waals surface area (Å²) in [7, 11) is 0. The maximum atomic E-state index is 5.57. The Morgan fingerprint density at radius 1 is 1.38 bits per heavy atom. The molecule has 2 rings (SSSR count). The molecule has 0 atom stereocenters. The number of hydrogen-bond acceptors (Lipinski definition) is 7. The van der Waals surface area contributed by atoms with Gasteiger partial charge in [-0.15, -0.1) is 11.3 Å². The molecule has 4 N–H and O–H groups in total. The van der Waals surface area contributed by atoms with Crippen molar-refractivity contribution in [2.75, 3.05) is 30.5 Å². The van der Waals surface area contributed by atoms with Crippen LogP contribution >= 0.6 is 11.3 Å². The van der Waals surface area contributed by atoms with Crippen molar-refractivity contribution in [3.05, 3.63) is 10.9 Å². The van der Waals surface area contributed by atoms with Crippen molar-refractivity contribution in [2.24, 2.45) is 11.8 Å². The third-order valence-corrected chi connectivity index (χ3v) is 3.80. The molecule has 0 spiro atoms. The molecule has 2 heterocycles. The minimum atomic E-state index is 0.433. The summed E-state index contributed by atoms with van der Waals surface area (Å²) >= 11 is 1.64. The zero-order chi connectivity index (χ0) is 15.2. The van der Waals surface area contributed by atoms with E-state index in [4.69, 9.17) is 10.6 Å². The first-order valence-electron chi connectivity index (χ1n) is 7.16. The highest BCUT2D eigenvalue weighted by molar-refractivity contribution is 7.18. The monoisotopic (exact) mass is 309 g/mol. The zero-order valence-electron chi connectivity index (χ0n) is 12.8. The minimum Gasteiger partial charge on any atom is -0.381 e. The number of rotatable bonds is 8. The molecule has 2 aromatic heterocycles. The van der Waals surface area contributed by atoms with Gasteiger partial charge in [0.05, 0.1) is 5.39 Å². The average molecular weight is 309 g/mol. The van der Waals surface area contributed by atoms with E-state index in [1.807, 2.05) is 0 Å². The second-order valence-corrected chi connectivity index (χ2v) is 6.60. The predicted octanol–water partition coefficient (Wildman–Crippen LogP) is 2.76. The summed E-state index contributed by atoms with van der Waals surface area (Å²) in [4.78, 5) is 10.9. The smallest absolute Gasteiger partial charge is 0.240 e. The molecule has 0 aliphatic heterocycles. The predicted molar refractivity (Wildman–Crippen MR) is 88.7 cm³/mol. The molecule has 0 aromatic carbocycles. The Balaban J connectivity index is 1.94. The molecule has 0 radical (unpaired) electrons. The summed E-state index contributed by atoms with van der Waals surface area (Å²) in [5, 5.41) is 4.39. The van der Waals surface area contributed by atoms with Gasteiger partial charge in [-0.05, 0) is 25.3 Å². The summed E-state index contributed by atoms with van der Waals surface area (Å²) in [6, 6.07) is 2.10. The third-order valence-electron chi connectivity index (χ3n) is 2.85. The van der Waals surface area contributed by atoms with E-state index in [1.54, 1.807) is 11.3 Å². The van der Waals surface area contributed by atoms with Gasteiger partial charge in [-0.25, -0.2) is 10.8 Å². The number of ether oxygens (including phenoxy) is 1. The van der Waals surface area contributed by atoms with E-state index in [1.165, 1.54) is 4.88 Å². The number of hydrogen-bond donors (Lipinski definition) is 3. The molecule has 0 aliphatic rings. The van der Waals surface area contributed by atoms with Crippen molar-refractivity contribution < 1.29 is 4.74 Å². The first kappa shape index (κ1) is 15.9. The fourth-order valence-electron chi connectivity index (χ4n) is 1.94. The molecule has 6 nitrogen and oxygen atoms in total. The van der Waals surface area contributed by atoms with Crippen molar-refractivity contribution in [3.63, 3.8) is 0 Å². The fourth-order valence-corrected chi connectivity index (χ4v) is 2.82. The van der Waals surface area contributed by atoms with Crippen molar-refractivity contribution in [1.29, 1.82) is 0 Å². The Morgan fingerprint density at radius 3 is 2.90 bits per heavy atom. The van der Waals surface area contributed by atoms with Crippen LogP contribution in [0, 0.1) is 12.8 Å². The minimum absolute atomic E-state index is 0.433. The van der Waals surface area contributed by atoms with Gasteiger partial charge in [0.15, 0.2) is 0 Å². The maximum absolute atomic E-state index is 5.57. The number of fused-ring (bicyclic) bond motifs is 1. The highest BCUT2D eigenvalue weighted by Crippen LogP contribution is 2.29. The summed E-state index contributed by atoms with van der Waals surface area (Å²) in [5.74, 6) is 7.25. The molecule has 0 saturated heterocycles. The van der Waals surface area contributed by atoms with Gasteiger partial charge >= 0.3 is 0 Å². The summed E-state index contributed by atoms with van der Waals surface area (Å²) in [6.07, 6.45) is 0.937. The number of anilines is 2. The maximum Gasteiger partial charge on any atom is 0.240 e. The lowest BCUT2D eigenvalue weighted by Gasteiger charge is -2.09. The van der Waals surface area contributed by atoms with Gasteiger partial charge in [-0.1, -0.05) is 13.8 Å². The molecule has 2 aromatic rings. The second kappa shape index (κ2) is 7.53. The number of nitrogen functional groups attached to an aromatic ring is 1. The van der Waals surface area contributed by atoms with Crippen LogP contribution in [0.15, 0.2) is 6.07 Å². The zero-order valence-corrected chi connectivity index (χ0v) is 13.6. The van der Waals surface area contributed by atoms with Crippen LogP contribution in [0.25, 0.3) is 10.2 Å². The molecule has 0 fully saturated rings. The molecule has 0 saturated carbocycles. The van der Waals surface area contributed by atoms with E-state index in [9.17, 15) is 0 Å². The van der Waals surface area contributed by atoms with Crippen molar-refractivity contribution >= 4 is 33.3 Å². The molecule has 116 valence electrons. The highest BCUT2D eigenvalue weighted by atomic mass is 32.1. The lowest BCUT2D eigenvalue weighted by molar-refractivity contribution is 0.110. The first-order valence-corrected chi connectivity index (χ1v) is 7.98. The van der Waals surface area contributed by atoms with Crippen LogP contribution in [0.2, 0.25) is 0 Å². The second-order valence-electron chi connectivity index (χ2n) is 5.37. The molecule has 0 bridgehead atoms. The van der Waals surface area contributed by atoms with E-state index < -0.39 is 0 Å². The standard InChI is InChI=1S/C14H23N5OS/c1-9(2)8-20-6-4-5-16-12-11-7-10(3)21-13(11)18-14(17-12)19-15/h7,9H,4-6,8,15H2,1-3H3,(H2,16,17,18,19). The Bertz CT molecular complexity index is 584. The molecule has 21 heavy (non-hydrogen) atoms. The SMILES string of the molecule is Cc1cc2c(NCCCOCC(C)C)nc(NN)nc2s1. The van der Waals surface area contributed by atoms with Crippen LogP contribution in [0.3, 0.4) is 0 Å². The van der Waals surface area contributed by atoms with Gasteiger partial charge < -0.3 is 10.1 Å². The van der Waals surface area contributed by atoms with Crippen LogP contribution in [0.1, 0.15) is 25.1 Å². The van der Waals surface area contributed by atoms with Gasteiger partial charge in [0.1, 0.15) is 10.6 Å². The van der Waals surface area contributed by atoms with Crippen LogP contribution in [-0.2, 0) is 4.74 Å². The van der Waals surface area contributed by atoms with E-state index in [2.05, 4.69) is 47.5 Å². The largest absolute Gasteiger partial charge is 0.381 e. The normalized spacial score (nSPS) is 11.3. The number of hydrazine groups is 1. The molecule has 0 unspecified atom stereocenters. The molecule has 7 heteroatoms. The van der Waals surface area contributed by atoms with Gasteiger partial charge in [-0.2, -0.15) is 4.98 Å². The van der Waals surface area contributed by atoms with E-state index >= 15 is 0 Å². The number of thiophene rings is 1. The lowest BCUT2D eigenvalue weighted by Crippen LogP contribution is -2.13. The first-order chi connectivity index (χ1) is 10.1. The number of nitrogens with one attached hydrogen (secondary N) is 2. The fraction of sp³-hybridized carbons (Fsp3) is 0.571. The average Bonchev–Trinajstić information content (AvgIpc) is 2.82. The van der Waals surface area contributed by atoms with E-state index in [0.29, 0.717) is 11.9 Å². The highest BCUT2D eigenvalue weighted by Gasteiger charge is 2.09. The number of aromatic nitrogens is 2. The molecule has 0 amide bonds. The van der Waals surface area contributed by atoms with Gasteiger partial charge in [-0.3, -0.25) is 5.43 Å². The lowest BCUT2D eigenvalue weighted by atomic mass is 10.2. The third kappa shape index (κ3) is 4.52. The van der Waals surface area contributed by atoms with Crippen molar-refractivity contribution in [3.8, 4) is 0 Å². The Labute approximate surface area is 129 Å². The number of nitrogens with two attached hydrogens (primary N) is 1. The van der Waals surface area contributed by atoms with Gasteiger partial charge in [0, 0.05) is 24.6 Å². The Hall–Kier alpha value is -1.44. The Morgan fingerprint density at radius 2 is 2.19 bits per heavy atom. The van der Waals surface area contributed by atoms with Gasteiger partial charge in [0.25, 0.3) is 0 Å². The van der Waals surface area contributed by atoms with Crippen molar-refractivity contribution in [1.82, 2.24) is 9.97 Å². The quantitative estimate of drug-likeness (QED) is 0.395. The van der Waals surface area contributed by atoms with Crippen LogP contribution in [0.4, 0.5) is 11.8 Å². The summed E-state index contributed by atoms with van der Waals surface area (Å²) in [5.41, 5.74) is 2.51. The number of nitrogens with zero attached hydrogens (tertiary/aromatic N) is 2. The Kier molecular flexibility index (Phi) is 5.72. The van der Waals surface area contributed by atoms with Crippen LogP contribution < -0.4 is 16.6 Å². The topological polar surface area (TPSA) is 85.1 Å². The van der Waals surface area contributed by atoms with Gasteiger partial charge in [0.2, 0.25) is 5.95 Å². The van der Waals surface area contributed by atoms with Crippen LogP contribution in [0.5, 0.6) is 0 Å². The van der Waals surface area contributed by atoms with E-state index in [0.717, 1.165) is 42.2 Å². The molecular weight excluding hydrogens is 286 g/mol.